The number of nitrogens with one attached hydrogen (secondary N) is 1. The molecule has 20 heavy (non-hydrogen) atoms. The van der Waals surface area contributed by atoms with Crippen molar-refractivity contribution in [3.8, 4) is 17.7 Å². The van der Waals surface area contributed by atoms with E-state index in [0.717, 1.165) is 0 Å². The van der Waals surface area contributed by atoms with Crippen molar-refractivity contribution in [3.63, 3.8) is 0 Å². The van der Waals surface area contributed by atoms with Crippen molar-refractivity contribution in [2.24, 2.45) is 7.05 Å². The molecule has 0 radical (unpaired) electrons. The molecular weight excluding hydrogens is 260 g/mol. The molecule has 9 heteroatoms. The molecule has 0 aliphatic heterocycles. The van der Waals surface area contributed by atoms with E-state index in [9.17, 15) is 0 Å². The van der Waals surface area contributed by atoms with Gasteiger partial charge in [-0.25, -0.2) is 4.98 Å². The van der Waals surface area contributed by atoms with Gasteiger partial charge in [0.05, 0.1) is 12.4 Å². The molecule has 0 fully saturated rings. The highest BCUT2D eigenvalue weighted by atomic mass is 16.5. The van der Waals surface area contributed by atoms with E-state index in [1.165, 1.54) is 0 Å². The quantitative estimate of drug-likeness (QED) is 0.743. The van der Waals surface area contributed by atoms with Gasteiger partial charge in [0.15, 0.2) is 5.75 Å². The zero-order valence-electron chi connectivity index (χ0n) is 10.9. The van der Waals surface area contributed by atoms with Crippen molar-refractivity contribution in [1.82, 2.24) is 34.3 Å². The van der Waals surface area contributed by atoms with Crippen molar-refractivity contribution in [1.29, 1.82) is 0 Å². The van der Waals surface area contributed by atoms with Crippen molar-refractivity contribution in [2.45, 2.75) is 0 Å². The first kappa shape index (κ1) is 12.1. The second-order valence-corrected chi connectivity index (χ2v) is 3.91. The number of ether oxygens (including phenoxy) is 1. The molecule has 0 unspecified atom stereocenters. The average molecular weight is 272 g/mol. The maximum atomic E-state index is 5.56. The second-order valence-electron chi connectivity index (χ2n) is 3.91. The Morgan fingerprint density at radius 3 is 2.80 bits per heavy atom. The molecule has 3 aromatic rings. The number of nitrogens with zero attached hydrogens (tertiary/aromatic N) is 7. The van der Waals surface area contributed by atoms with Gasteiger partial charge in [0.1, 0.15) is 6.33 Å². The summed E-state index contributed by atoms with van der Waals surface area (Å²) in [5.41, 5.74) is 0. The first-order valence-corrected chi connectivity index (χ1v) is 5.83. The highest BCUT2D eigenvalue weighted by molar-refractivity contribution is 5.30. The SMILES string of the molecule is CNc1nc(Oc2cnn(C)c2)nc(-n2ccnc2)n1. The van der Waals surface area contributed by atoms with Crippen LogP contribution in [0.2, 0.25) is 0 Å². The molecule has 3 heterocycles. The van der Waals surface area contributed by atoms with Crippen LogP contribution in [-0.4, -0.2) is 41.3 Å². The minimum atomic E-state index is 0.182. The number of anilines is 1. The van der Waals surface area contributed by atoms with Gasteiger partial charge in [0, 0.05) is 26.5 Å². The molecule has 3 aromatic heterocycles. The molecule has 0 spiro atoms. The van der Waals surface area contributed by atoms with Crippen LogP contribution in [0, 0.1) is 0 Å². The molecule has 0 aliphatic carbocycles. The summed E-state index contributed by atoms with van der Waals surface area (Å²) in [6, 6.07) is 0.182. The maximum absolute atomic E-state index is 5.56. The molecule has 0 aromatic carbocycles. The molecule has 1 N–H and O–H groups in total. The van der Waals surface area contributed by atoms with Crippen molar-refractivity contribution >= 4 is 5.95 Å². The van der Waals surface area contributed by atoms with E-state index in [1.54, 1.807) is 54.5 Å². The van der Waals surface area contributed by atoms with Crippen LogP contribution in [0.4, 0.5) is 5.95 Å². The van der Waals surface area contributed by atoms with Gasteiger partial charge in [-0.1, -0.05) is 0 Å². The Balaban J connectivity index is 1.96. The normalized spacial score (nSPS) is 10.5. The summed E-state index contributed by atoms with van der Waals surface area (Å²) in [4.78, 5) is 16.6. The number of aromatic nitrogens is 7. The molecule has 0 amide bonds. The predicted octanol–water partition coefficient (Wildman–Crippen LogP) is 0.625. The Morgan fingerprint density at radius 2 is 2.15 bits per heavy atom. The van der Waals surface area contributed by atoms with Crippen LogP contribution in [0.3, 0.4) is 0 Å². The number of hydrogen-bond donors (Lipinski definition) is 1. The summed E-state index contributed by atoms with van der Waals surface area (Å²) < 4.78 is 8.86. The van der Waals surface area contributed by atoms with Gasteiger partial charge in [-0.2, -0.15) is 20.1 Å². The fourth-order valence-electron chi connectivity index (χ4n) is 1.55. The van der Waals surface area contributed by atoms with Crippen LogP contribution >= 0.6 is 0 Å². The third kappa shape index (κ3) is 2.41. The van der Waals surface area contributed by atoms with E-state index in [1.807, 2.05) is 0 Å². The summed E-state index contributed by atoms with van der Waals surface area (Å²) in [5.74, 6) is 1.38. The lowest BCUT2D eigenvalue weighted by Crippen LogP contribution is -2.06. The lowest BCUT2D eigenvalue weighted by Gasteiger charge is -2.06. The standard InChI is InChI=1S/C11H12N8O/c1-12-9-15-10(19-4-3-13-7-19)17-11(16-9)20-8-5-14-18(2)6-8/h3-7H,1-2H3,(H,12,15,16,17). The van der Waals surface area contributed by atoms with Gasteiger partial charge in [-0.15, -0.1) is 0 Å². The third-order valence-electron chi connectivity index (χ3n) is 2.45. The smallest absolute Gasteiger partial charge is 0.328 e. The monoisotopic (exact) mass is 272 g/mol. The van der Waals surface area contributed by atoms with Crippen molar-refractivity contribution in [3.05, 3.63) is 31.1 Å². The first-order chi connectivity index (χ1) is 9.74. The van der Waals surface area contributed by atoms with Gasteiger partial charge in [0.25, 0.3) is 0 Å². The summed E-state index contributed by atoms with van der Waals surface area (Å²) in [7, 11) is 3.52. The maximum Gasteiger partial charge on any atom is 0.328 e. The Morgan fingerprint density at radius 1 is 1.25 bits per heavy atom. The van der Waals surface area contributed by atoms with E-state index in [0.29, 0.717) is 17.6 Å². The van der Waals surface area contributed by atoms with Gasteiger partial charge >= 0.3 is 6.01 Å². The Hall–Kier alpha value is -2.97. The van der Waals surface area contributed by atoms with Crippen LogP contribution in [0.5, 0.6) is 11.8 Å². The summed E-state index contributed by atoms with van der Waals surface area (Å²) in [6.45, 7) is 0. The second kappa shape index (κ2) is 4.96. The van der Waals surface area contributed by atoms with Crippen LogP contribution in [0.1, 0.15) is 0 Å². The van der Waals surface area contributed by atoms with E-state index < -0.39 is 0 Å². The summed E-state index contributed by atoms with van der Waals surface area (Å²) in [5, 5.41) is 6.88. The molecular formula is C11H12N8O. The van der Waals surface area contributed by atoms with Gasteiger partial charge < -0.3 is 10.1 Å². The van der Waals surface area contributed by atoms with E-state index >= 15 is 0 Å². The zero-order valence-corrected chi connectivity index (χ0v) is 10.9. The van der Waals surface area contributed by atoms with Crippen molar-refractivity contribution in [2.75, 3.05) is 12.4 Å². The number of imidazole rings is 1. The summed E-state index contributed by atoms with van der Waals surface area (Å²) in [6.07, 6.45) is 8.29. The average Bonchev–Trinajstić information content (AvgIpc) is 3.10. The van der Waals surface area contributed by atoms with Gasteiger partial charge in [-0.3, -0.25) is 9.25 Å². The molecule has 0 saturated carbocycles. The van der Waals surface area contributed by atoms with Crippen LogP contribution < -0.4 is 10.1 Å². The summed E-state index contributed by atoms with van der Waals surface area (Å²) >= 11 is 0. The lowest BCUT2D eigenvalue weighted by molar-refractivity contribution is 0.438. The zero-order chi connectivity index (χ0) is 13.9. The minimum absolute atomic E-state index is 0.182. The fraction of sp³-hybridized carbons (Fsp3) is 0.182. The fourth-order valence-corrected chi connectivity index (χ4v) is 1.55. The van der Waals surface area contributed by atoms with Crippen molar-refractivity contribution < 1.29 is 4.74 Å². The molecule has 3 rings (SSSR count). The van der Waals surface area contributed by atoms with E-state index in [2.05, 4.69) is 30.4 Å². The van der Waals surface area contributed by atoms with E-state index in [4.69, 9.17) is 4.74 Å². The van der Waals surface area contributed by atoms with Crippen LogP contribution in [0.25, 0.3) is 5.95 Å². The van der Waals surface area contributed by atoms with Crippen LogP contribution in [-0.2, 0) is 7.05 Å². The highest BCUT2D eigenvalue weighted by Gasteiger charge is 2.09. The molecule has 0 bridgehead atoms. The Bertz CT molecular complexity index is 705. The molecule has 9 nitrogen and oxygen atoms in total. The highest BCUT2D eigenvalue weighted by Crippen LogP contribution is 2.18. The van der Waals surface area contributed by atoms with Crippen LogP contribution in [0.15, 0.2) is 31.1 Å². The Labute approximate surface area is 114 Å². The minimum Gasteiger partial charge on any atom is -0.421 e. The molecule has 0 saturated heterocycles. The Kier molecular flexibility index (Phi) is 2.99. The number of rotatable bonds is 4. The first-order valence-electron chi connectivity index (χ1n) is 5.83. The third-order valence-corrected chi connectivity index (χ3v) is 2.45. The predicted molar refractivity (Wildman–Crippen MR) is 69.8 cm³/mol. The molecule has 0 atom stereocenters. The topological polar surface area (TPSA) is 95.6 Å². The number of aryl methyl sites for hydroxylation is 1. The molecule has 102 valence electrons. The largest absolute Gasteiger partial charge is 0.421 e. The lowest BCUT2D eigenvalue weighted by atomic mass is 10.6. The molecule has 0 aliphatic rings. The van der Waals surface area contributed by atoms with E-state index in [-0.39, 0.29) is 6.01 Å². The van der Waals surface area contributed by atoms with Gasteiger partial charge in [0.2, 0.25) is 11.9 Å². The number of hydrogen-bond acceptors (Lipinski definition) is 7. The van der Waals surface area contributed by atoms with Gasteiger partial charge in [-0.05, 0) is 0 Å².